The number of aryl methyl sites for hydroxylation is 1. The van der Waals surface area contributed by atoms with Crippen LogP contribution in [-0.2, 0) is 4.74 Å². The summed E-state index contributed by atoms with van der Waals surface area (Å²) in [5.74, 6) is 0. The molecule has 0 amide bonds. The van der Waals surface area contributed by atoms with Crippen molar-refractivity contribution in [2.75, 3.05) is 6.61 Å². The summed E-state index contributed by atoms with van der Waals surface area (Å²) in [5, 5.41) is 19.0. The molecule has 1 fully saturated rings. The van der Waals surface area contributed by atoms with Gasteiger partial charge in [-0.05, 0) is 6.92 Å². The zero-order valence-electron chi connectivity index (χ0n) is 12.9. The van der Waals surface area contributed by atoms with Crippen LogP contribution in [0.3, 0.4) is 0 Å². The van der Waals surface area contributed by atoms with Gasteiger partial charge in [0.1, 0.15) is 12.3 Å². The number of aromatic amines is 1. The zero-order chi connectivity index (χ0) is 16.2. The molecule has 1 aromatic heterocycles. The maximum atomic E-state index is 11.8. The molecule has 0 bridgehead atoms. The van der Waals surface area contributed by atoms with Gasteiger partial charge in [-0.1, -0.05) is 0 Å². The van der Waals surface area contributed by atoms with Crippen molar-refractivity contribution < 1.29 is 20.4 Å². The van der Waals surface area contributed by atoms with E-state index in [1.165, 1.54) is 6.92 Å². The van der Waals surface area contributed by atoms with Crippen molar-refractivity contribution in [1.29, 1.82) is 0 Å². The minimum atomic E-state index is -3.12. The van der Waals surface area contributed by atoms with E-state index in [1.54, 1.807) is 0 Å². The van der Waals surface area contributed by atoms with E-state index < -0.39 is 42.6 Å². The van der Waals surface area contributed by atoms with Gasteiger partial charge in [-0.2, -0.15) is 0 Å². The first kappa shape index (κ1) is 7.80. The van der Waals surface area contributed by atoms with Crippen molar-refractivity contribution in [3.05, 3.63) is 32.6 Å². The average molecular weight is 246 g/mol. The third-order valence-corrected chi connectivity index (χ3v) is 2.32. The van der Waals surface area contributed by atoms with Crippen LogP contribution in [0.25, 0.3) is 0 Å². The number of nitrogens with one attached hydrogen (secondary N) is 1. The molecule has 3 atom stereocenters. The van der Waals surface area contributed by atoms with E-state index in [-0.39, 0.29) is 5.56 Å². The highest BCUT2D eigenvalue weighted by Gasteiger charge is 2.34. The first-order valence-electron chi connectivity index (χ1n) is 6.81. The number of hydrogen-bond acceptors (Lipinski definition) is 5. The Morgan fingerprint density at radius 3 is 3.06 bits per heavy atom. The number of hydrogen-bond donors (Lipinski definition) is 3. The number of H-pyrrole nitrogens is 1. The topological polar surface area (TPSA) is 105 Å². The number of aromatic nitrogens is 2. The van der Waals surface area contributed by atoms with Gasteiger partial charge in [0.2, 0.25) is 0 Å². The van der Waals surface area contributed by atoms with Crippen molar-refractivity contribution in [3.63, 3.8) is 0 Å². The van der Waals surface area contributed by atoms with Crippen LogP contribution in [0.15, 0.2) is 15.8 Å². The standard InChI is InChI=1S/C10H14N2O5/c1-5-3-12(10(16)11-9(5)15)8-2-6(14)7(4-13)17-8/h3,6-8,13-14H,2,4H2,1H3,(H,11,15,16)/t6-,7+,8+/m0/s1/i2D2,6D,7D. The molecular weight excluding hydrogens is 228 g/mol. The second-order valence-corrected chi connectivity index (χ2v) is 3.52. The molecule has 2 rings (SSSR count). The van der Waals surface area contributed by atoms with E-state index in [0.29, 0.717) is 4.57 Å². The SMILES string of the molecule is [2H]C1([2H])[C@H](n2cc(C)c(=O)[nH]c2=O)O[C@]([2H])(CO)[C@@]1([2H])O. The summed E-state index contributed by atoms with van der Waals surface area (Å²) in [4.78, 5) is 25.0. The van der Waals surface area contributed by atoms with Crippen LogP contribution in [0, 0.1) is 6.92 Å². The van der Waals surface area contributed by atoms with Crippen LogP contribution >= 0.6 is 0 Å². The lowest BCUT2D eigenvalue weighted by molar-refractivity contribution is -0.0459. The van der Waals surface area contributed by atoms with E-state index in [4.69, 9.17) is 15.3 Å². The zero-order valence-corrected chi connectivity index (χ0v) is 8.93. The highest BCUT2D eigenvalue weighted by atomic mass is 16.5. The van der Waals surface area contributed by atoms with Crippen LogP contribution in [0.4, 0.5) is 0 Å². The van der Waals surface area contributed by atoms with Gasteiger partial charge >= 0.3 is 5.69 Å². The number of nitrogens with zero attached hydrogens (tertiary/aromatic N) is 1. The minimum absolute atomic E-state index is 0.0778. The maximum absolute atomic E-state index is 11.8. The van der Waals surface area contributed by atoms with Gasteiger partial charge in [0, 0.05) is 20.9 Å². The maximum Gasteiger partial charge on any atom is 0.330 e. The molecule has 94 valence electrons. The molecule has 7 nitrogen and oxygen atoms in total. The van der Waals surface area contributed by atoms with Crippen LogP contribution in [0.1, 0.15) is 23.6 Å². The lowest BCUT2D eigenvalue weighted by atomic mass is 10.2. The Kier molecular flexibility index (Phi) is 2.04. The smallest absolute Gasteiger partial charge is 0.330 e. The third kappa shape index (κ3) is 2.17. The largest absolute Gasteiger partial charge is 0.394 e. The van der Waals surface area contributed by atoms with Crippen LogP contribution in [0.2, 0.25) is 0 Å². The first-order valence-corrected chi connectivity index (χ1v) is 4.81. The van der Waals surface area contributed by atoms with E-state index in [1.807, 2.05) is 4.98 Å². The van der Waals surface area contributed by atoms with Crippen LogP contribution < -0.4 is 11.2 Å². The summed E-state index contributed by atoms with van der Waals surface area (Å²) >= 11 is 0. The fraction of sp³-hybridized carbons (Fsp3) is 0.600. The molecule has 0 saturated carbocycles. The van der Waals surface area contributed by atoms with Gasteiger partial charge in [-0.15, -0.1) is 0 Å². The monoisotopic (exact) mass is 246 g/mol. The van der Waals surface area contributed by atoms with Crippen LogP contribution in [0.5, 0.6) is 0 Å². The Bertz CT molecular complexity index is 685. The molecule has 1 aliphatic heterocycles. The van der Waals surface area contributed by atoms with Crippen molar-refractivity contribution in [1.82, 2.24) is 9.55 Å². The molecular formula is C10H14N2O5. The molecule has 17 heavy (non-hydrogen) atoms. The fourth-order valence-corrected chi connectivity index (χ4v) is 1.42. The second kappa shape index (κ2) is 4.44. The number of rotatable bonds is 2. The Balaban J connectivity index is 2.64. The Morgan fingerprint density at radius 2 is 2.47 bits per heavy atom. The molecule has 3 N–H and O–H groups in total. The molecule has 0 aromatic carbocycles. The lowest BCUT2D eigenvalue weighted by Gasteiger charge is -2.14. The molecule has 0 radical (unpaired) electrons. The van der Waals surface area contributed by atoms with E-state index in [2.05, 4.69) is 0 Å². The number of ether oxygens (including phenoxy) is 1. The van der Waals surface area contributed by atoms with Gasteiger partial charge in [0.25, 0.3) is 5.56 Å². The molecule has 0 aliphatic carbocycles. The van der Waals surface area contributed by atoms with Gasteiger partial charge in [0.15, 0.2) is 0 Å². The molecule has 0 unspecified atom stereocenters. The summed E-state index contributed by atoms with van der Waals surface area (Å²) in [5.41, 5.74) is -1.61. The van der Waals surface area contributed by atoms with Crippen molar-refractivity contribution >= 4 is 0 Å². The third-order valence-electron chi connectivity index (χ3n) is 2.32. The minimum Gasteiger partial charge on any atom is -0.394 e. The molecule has 0 spiro atoms. The first-order chi connectivity index (χ1) is 9.48. The lowest BCUT2D eigenvalue weighted by Crippen LogP contribution is -2.33. The second-order valence-electron chi connectivity index (χ2n) is 3.52. The van der Waals surface area contributed by atoms with Gasteiger partial charge in [-0.25, -0.2) is 4.79 Å². The highest BCUT2D eigenvalue weighted by molar-refractivity contribution is 5.02. The van der Waals surface area contributed by atoms with E-state index in [9.17, 15) is 14.7 Å². The normalized spacial score (nSPS) is 43.6. The molecule has 1 saturated heterocycles. The van der Waals surface area contributed by atoms with Gasteiger partial charge in [-0.3, -0.25) is 14.3 Å². The number of aliphatic hydroxyl groups excluding tert-OH is 1. The van der Waals surface area contributed by atoms with Crippen molar-refractivity contribution in [3.8, 4) is 0 Å². The van der Waals surface area contributed by atoms with Gasteiger partial charge in [0.05, 0.1) is 15.4 Å². The van der Waals surface area contributed by atoms with Crippen molar-refractivity contribution in [2.45, 2.75) is 31.7 Å². The highest BCUT2D eigenvalue weighted by Crippen LogP contribution is 2.27. The Morgan fingerprint density at radius 1 is 1.76 bits per heavy atom. The average Bonchev–Trinajstić information content (AvgIpc) is 2.52. The van der Waals surface area contributed by atoms with Gasteiger partial charge < -0.3 is 14.9 Å². The summed E-state index contributed by atoms with van der Waals surface area (Å²) < 4.78 is 36.5. The Labute approximate surface area is 102 Å². The van der Waals surface area contributed by atoms with E-state index in [0.717, 1.165) is 6.20 Å². The summed E-state index contributed by atoms with van der Waals surface area (Å²) in [6.45, 7) is 0.215. The molecule has 1 aromatic rings. The quantitative estimate of drug-likeness (QED) is 0.588. The summed E-state index contributed by atoms with van der Waals surface area (Å²) in [7, 11) is 0. The predicted molar refractivity (Wildman–Crippen MR) is 57.7 cm³/mol. The predicted octanol–water partition coefficient (Wildman–Crippen LogP) is -1.51. The molecule has 1 aliphatic rings. The Hall–Kier alpha value is -1.44. The number of aliphatic hydroxyl groups is 2. The summed E-state index contributed by atoms with van der Waals surface area (Å²) in [6.07, 6.45) is -9.53. The van der Waals surface area contributed by atoms with E-state index >= 15 is 0 Å². The molecule has 7 heteroatoms. The molecule has 2 heterocycles. The fourth-order valence-electron chi connectivity index (χ4n) is 1.42. The summed E-state index contributed by atoms with van der Waals surface area (Å²) in [6, 6.07) is 0. The van der Waals surface area contributed by atoms with Crippen molar-refractivity contribution in [2.24, 2.45) is 0 Å². The van der Waals surface area contributed by atoms with Crippen LogP contribution in [-0.4, -0.2) is 38.5 Å².